The van der Waals surface area contributed by atoms with Crippen molar-refractivity contribution >= 4 is 34.0 Å². The molecule has 0 aliphatic carbocycles. The van der Waals surface area contributed by atoms with Gasteiger partial charge in [-0.15, -0.1) is 11.3 Å². The summed E-state index contributed by atoms with van der Waals surface area (Å²) in [6.45, 7) is 0. The van der Waals surface area contributed by atoms with Gasteiger partial charge in [0.1, 0.15) is 5.69 Å². The largest absolute Gasteiger partial charge is 0.286 e. The lowest BCUT2D eigenvalue weighted by Crippen LogP contribution is -2.28. The first-order valence-electron chi connectivity index (χ1n) is 8.22. The zero-order chi connectivity index (χ0) is 18.8. The number of halogens is 1. The third kappa shape index (κ3) is 3.49. The molecule has 0 radical (unpaired) electrons. The van der Waals surface area contributed by atoms with Crippen LogP contribution < -0.4 is 4.90 Å². The van der Waals surface area contributed by atoms with Crippen LogP contribution in [0.5, 0.6) is 0 Å². The third-order valence-corrected chi connectivity index (χ3v) is 5.18. The van der Waals surface area contributed by atoms with Gasteiger partial charge >= 0.3 is 0 Å². The van der Waals surface area contributed by atoms with Gasteiger partial charge in [-0.05, 0) is 30.3 Å². The van der Waals surface area contributed by atoms with Crippen molar-refractivity contribution in [1.82, 2.24) is 14.8 Å². The predicted molar refractivity (Wildman–Crippen MR) is 109 cm³/mol. The fraction of sp³-hybridized carbons (Fsp3) is 0.0500. The molecular weight excluding hydrogens is 380 g/mol. The maximum atomic E-state index is 13.1. The summed E-state index contributed by atoms with van der Waals surface area (Å²) in [5.74, 6) is -0.179. The first-order valence-corrected chi connectivity index (χ1v) is 9.48. The van der Waals surface area contributed by atoms with E-state index in [9.17, 15) is 4.79 Å². The Labute approximate surface area is 165 Å². The Bertz CT molecular complexity index is 1060. The maximum absolute atomic E-state index is 13.1. The summed E-state index contributed by atoms with van der Waals surface area (Å²) in [5, 5.41) is 7.80. The predicted octanol–water partition coefficient (Wildman–Crippen LogP) is 4.93. The summed E-state index contributed by atoms with van der Waals surface area (Å²) in [5.41, 5.74) is 2.86. The Morgan fingerprint density at radius 2 is 1.85 bits per heavy atom. The lowest BCUT2D eigenvalue weighted by atomic mass is 10.1. The molecule has 1 amide bonds. The summed E-state index contributed by atoms with van der Waals surface area (Å²) in [7, 11) is 1.71. The van der Waals surface area contributed by atoms with E-state index in [2.05, 4.69) is 10.1 Å². The van der Waals surface area contributed by atoms with Gasteiger partial charge in [-0.3, -0.25) is 9.69 Å². The fourth-order valence-electron chi connectivity index (χ4n) is 2.70. The van der Waals surface area contributed by atoms with Crippen molar-refractivity contribution in [2.75, 3.05) is 11.9 Å². The highest BCUT2D eigenvalue weighted by atomic mass is 35.5. The molecule has 0 bridgehead atoms. The minimum absolute atomic E-state index is 0.179. The summed E-state index contributed by atoms with van der Waals surface area (Å²) >= 11 is 7.40. The average Bonchev–Trinajstić information content (AvgIpc) is 3.38. The molecule has 2 aromatic carbocycles. The van der Waals surface area contributed by atoms with Gasteiger partial charge in [0.05, 0.1) is 11.4 Å². The smallest absolute Gasteiger partial charge is 0.278 e. The Morgan fingerprint density at radius 1 is 1.11 bits per heavy atom. The fourth-order valence-corrected chi connectivity index (χ4v) is 3.43. The van der Waals surface area contributed by atoms with E-state index in [4.69, 9.17) is 11.6 Å². The molecule has 0 saturated heterocycles. The van der Waals surface area contributed by atoms with E-state index in [1.54, 1.807) is 24.0 Å². The summed E-state index contributed by atoms with van der Waals surface area (Å²) in [6.07, 6.45) is 1.68. The van der Waals surface area contributed by atoms with E-state index in [1.165, 1.54) is 16.2 Å². The van der Waals surface area contributed by atoms with E-state index >= 15 is 0 Å². The Morgan fingerprint density at radius 3 is 2.52 bits per heavy atom. The molecule has 0 spiro atoms. The van der Waals surface area contributed by atoms with Crippen LogP contribution in [0.2, 0.25) is 5.02 Å². The molecule has 0 atom stereocenters. The van der Waals surface area contributed by atoms with Crippen molar-refractivity contribution in [1.29, 1.82) is 0 Å². The van der Waals surface area contributed by atoms with Gasteiger partial charge < -0.3 is 0 Å². The van der Waals surface area contributed by atoms with Gasteiger partial charge in [0, 0.05) is 29.2 Å². The number of benzene rings is 2. The van der Waals surface area contributed by atoms with E-state index in [0.717, 1.165) is 11.3 Å². The van der Waals surface area contributed by atoms with Gasteiger partial charge in [-0.25, -0.2) is 9.67 Å². The van der Waals surface area contributed by atoms with Crippen LogP contribution in [0.15, 0.2) is 72.2 Å². The molecule has 0 aliphatic heterocycles. The standard InChI is InChI=1S/C20H15ClN4OS/c1-24(20-22-11-12-27-20)19(26)18-13-17(14-7-9-15(21)10-8-14)23-25(18)16-5-3-2-4-6-16/h2-13H,1H3. The maximum Gasteiger partial charge on any atom is 0.278 e. The van der Waals surface area contributed by atoms with E-state index in [-0.39, 0.29) is 5.91 Å². The second-order valence-corrected chi connectivity index (χ2v) is 7.16. The van der Waals surface area contributed by atoms with Crippen LogP contribution in [-0.4, -0.2) is 27.7 Å². The van der Waals surface area contributed by atoms with Crippen molar-refractivity contribution in [2.45, 2.75) is 0 Å². The van der Waals surface area contributed by atoms with Crippen LogP contribution in [-0.2, 0) is 0 Å². The van der Waals surface area contributed by atoms with Crippen molar-refractivity contribution < 1.29 is 4.79 Å². The number of carbonyl (C=O) groups excluding carboxylic acids is 1. The SMILES string of the molecule is CN(C(=O)c1cc(-c2ccc(Cl)cc2)nn1-c1ccccc1)c1nccs1. The van der Waals surface area contributed by atoms with E-state index in [1.807, 2.05) is 60.0 Å². The van der Waals surface area contributed by atoms with Crippen molar-refractivity contribution in [2.24, 2.45) is 0 Å². The second kappa shape index (κ2) is 7.34. The number of hydrogen-bond acceptors (Lipinski definition) is 4. The minimum atomic E-state index is -0.179. The highest BCUT2D eigenvalue weighted by molar-refractivity contribution is 7.13. The van der Waals surface area contributed by atoms with Crippen LogP contribution in [0.3, 0.4) is 0 Å². The number of amides is 1. The first-order chi connectivity index (χ1) is 13.1. The lowest BCUT2D eigenvalue weighted by Gasteiger charge is -2.14. The average molecular weight is 395 g/mol. The van der Waals surface area contributed by atoms with Crippen molar-refractivity contribution in [3.05, 3.63) is 83.0 Å². The third-order valence-electron chi connectivity index (χ3n) is 4.08. The number of para-hydroxylation sites is 1. The monoisotopic (exact) mass is 394 g/mol. The zero-order valence-corrected chi connectivity index (χ0v) is 16.0. The van der Waals surface area contributed by atoms with Crippen LogP contribution >= 0.6 is 22.9 Å². The highest BCUT2D eigenvalue weighted by Gasteiger charge is 2.22. The molecule has 2 heterocycles. The zero-order valence-electron chi connectivity index (χ0n) is 14.4. The van der Waals surface area contributed by atoms with Gasteiger partial charge in [-0.1, -0.05) is 41.9 Å². The van der Waals surface area contributed by atoms with E-state index < -0.39 is 0 Å². The number of thiazole rings is 1. The van der Waals surface area contributed by atoms with Gasteiger partial charge in [-0.2, -0.15) is 5.10 Å². The van der Waals surface area contributed by atoms with Crippen molar-refractivity contribution in [3.63, 3.8) is 0 Å². The van der Waals surface area contributed by atoms with Crippen LogP contribution in [0.25, 0.3) is 16.9 Å². The summed E-state index contributed by atoms with van der Waals surface area (Å²) in [4.78, 5) is 18.9. The molecular formula is C20H15ClN4OS. The molecule has 134 valence electrons. The number of carbonyl (C=O) groups is 1. The Balaban J connectivity index is 1.81. The van der Waals surface area contributed by atoms with Crippen LogP contribution in [0, 0.1) is 0 Å². The molecule has 4 aromatic rings. The minimum Gasteiger partial charge on any atom is -0.286 e. The van der Waals surface area contributed by atoms with Gasteiger partial charge in [0.25, 0.3) is 5.91 Å². The molecule has 7 heteroatoms. The summed E-state index contributed by atoms with van der Waals surface area (Å²) in [6, 6.07) is 18.8. The molecule has 0 N–H and O–H groups in total. The highest BCUT2D eigenvalue weighted by Crippen LogP contribution is 2.25. The van der Waals surface area contributed by atoms with E-state index in [0.29, 0.717) is 21.5 Å². The molecule has 0 aliphatic rings. The Kier molecular flexibility index (Phi) is 4.75. The Hall–Kier alpha value is -2.96. The molecule has 0 saturated carbocycles. The molecule has 2 aromatic heterocycles. The molecule has 27 heavy (non-hydrogen) atoms. The number of nitrogens with zero attached hydrogens (tertiary/aromatic N) is 4. The van der Waals surface area contributed by atoms with Gasteiger partial charge in [0.2, 0.25) is 0 Å². The normalized spacial score (nSPS) is 10.7. The first kappa shape index (κ1) is 17.5. The number of hydrogen-bond donors (Lipinski definition) is 0. The molecule has 5 nitrogen and oxygen atoms in total. The topological polar surface area (TPSA) is 51.0 Å². The van der Waals surface area contributed by atoms with Crippen LogP contribution in [0.4, 0.5) is 5.13 Å². The number of aromatic nitrogens is 3. The van der Waals surface area contributed by atoms with Gasteiger partial charge in [0.15, 0.2) is 5.13 Å². The van der Waals surface area contributed by atoms with Crippen molar-refractivity contribution in [3.8, 4) is 16.9 Å². The molecule has 0 unspecified atom stereocenters. The quantitative estimate of drug-likeness (QED) is 0.493. The van der Waals surface area contributed by atoms with Crippen LogP contribution in [0.1, 0.15) is 10.5 Å². The summed E-state index contributed by atoms with van der Waals surface area (Å²) < 4.78 is 1.66. The number of anilines is 1. The second-order valence-electron chi connectivity index (χ2n) is 5.85. The number of rotatable bonds is 4. The lowest BCUT2D eigenvalue weighted by molar-refractivity contribution is 0.0985. The molecule has 0 fully saturated rings. The molecule has 4 rings (SSSR count).